The van der Waals surface area contributed by atoms with Crippen LogP contribution in [0.3, 0.4) is 0 Å². The van der Waals surface area contributed by atoms with Crippen LogP contribution in [0.2, 0.25) is 0 Å². The van der Waals surface area contributed by atoms with Crippen molar-refractivity contribution in [3.05, 3.63) is 77.5 Å². The molecule has 0 amide bonds. The van der Waals surface area contributed by atoms with Gasteiger partial charge in [-0.1, -0.05) is 68.4 Å². The first kappa shape index (κ1) is 19.9. The van der Waals surface area contributed by atoms with Crippen molar-refractivity contribution in [2.75, 3.05) is 0 Å². The third kappa shape index (κ3) is 5.09. The highest BCUT2D eigenvalue weighted by Crippen LogP contribution is 2.36. The predicted molar refractivity (Wildman–Crippen MR) is 102 cm³/mol. The lowest BCUT2D eigenvalue weighted by molar-refractivity contribution is -0.139. The van der Waals surface area contributed by atoms with E-state index in [1.165, 1.54) is 0 Å². The minimum absolute atomic E-state index is 0.00625. The minimum atomic E-state index is -4.59. The molecule has 1 aromatic heterocycles. The van der Waals surface area contributed by atoms with Gasteiger partial charge in [-0.05, 0) is 23.5 Å². The van der Waals surface area contributed by atoms with Crippen molar-refractivity contribution in [3.63, 3.8) is 0 Å². The van der Waals surface area contributed by atoms with Gasteiger partial charge in [0.15, 0.2) is 5.82 Å². The Kier molecular flexibility index (Phi) is 5.97. The molecule has 0 aliphatic rings. The molecule has 28 heavy (non-hydrogen) atoms. The first-order valence-electron chi connectivity index (χ1n) is 9.03. The predicted octanol–water partition coefficient (Wildman–Crippen LogP) is 5.94. The molecule has 0 fully saturated rings. The summed E-state index contributed by atoms with van der Waals surface area (Å²) in [6, 6.07) is 16.5. The molecular weight excluding hydrogens is 365 g/mol. The van der Waals surface area contributed by atoms with Crippen LogP contribution in [-0.2, 0) is 19.2 Å². The Balaban J connectivity index is 1.88. The van der Waals surface area contributed by atoms with Crippen LogP contribution in [0, 0.1) is 5.92 Å². The molecule has 0 spiro atoms. The maximum absolute atomic E-state index is 13.3. The van der Waals surface area contributed by atoms with Crippen LogP contribution in [0.1, 0.15) is 30.5 Å². The quantitative estimate of drug-likeness (QED) is 0.526. The number of halogens is 3. The molecule has 0 saturated carbocycles. The molecule has 6 heteroatoms. The van der Waals surface area contributed by atoms with Gasteiger partial charge < -0.3 is 4.74 Å². The first-order valence-corrected chi connectivity index (χ1v) is 9.03. The molecule has 0 N–H and O–H groups in total. The SMILES string of the molecule is CC(C)Cc1ccc(-c2ncc(C(F)(F)F)c(OCc3ccccc3)n2)cc1. The molecule has 0 atom stereocenters. The van der Waals surface area contributed by atoms with E-state index in [1.807, 2.05) is 30.3 Å². The summed E-state index contributed by atoms with van der Waals surface area (Å²) in [7, 11) is 0. The molecule has 0 aliphatic heterocycles. The summed E-state index contributed by atoms with van der Waals surface area (Å²) in [6.45, 7) is 4.25. The Hall–Kier alpha value is -2.89. The highest BCUT2D eigenvalue weighted by Gasteiger charge is 2.36. The smallest absolute Gasteiger partial charge is 0.423 e. The van der Waals surface area contributed by atoms with E-state index in [1.54, 1.807) is 24.3 Å². The van der Waals surface area contributed by atoms with E-state index in [0.717, 1.165) is 23.7 Å². The number of ether oxygens (including phenoxy) is 1. The zero-order valence-electron chi connectivity index (χ0n) is 15.7. The van der Waals surface area contributed by atoms with Crippen molar-refractivity contribution in [1.82, 2.24) is 9.97 Å². The molecule has 1 heterocycles. The van der Waals surface area contributed by atoms with Crippen molar-refractivity contribution >= 4 is 0 Å². The van der Waals surface area contributed by atoms with Gasteiger partial charge in [-0.3, -0.25) is 0 Å². The zero-order chi connectivity index (χ0) is 20.1. The van der Waals surface area contributed by atoms with Crippen LogP contribution in [0.25, 0.3) is 11.4 Å². The van der Waals surface area contributed by atoms with E-state index < -0.39 is 17.6 Å². The fourth-order valence-electron chi connectivity index (χ4n) is 2.80. The maximum atomic E-state index is 13.3. The number of alkyl halides is 3. The summed E-state index contributed by atoms with van der Waals surface area (Å²) in [4.78, 5) is 7.97. The van der Waals surface area contributed by atoms with E-state index in [9.17, 15) is 13.2 Å². The summed E-state index contributed by atoms with van der Waals surface area (Å²) in [6.07, 6.45) is -2.88. The third-order valence-electron chi connectivity index (χ3n) is 4.13. The fraction of sp³-hybridized carbons (Fsp3) is 0.273. The summed E-state index contributed by atoms with van der Waals surface area (Å²) in [5, 5.41) is 0. The number of rotatable bonds is 6. The molecule has 0 radical (unpaired) electrons. The molecule has 3 rings (SSSR count). The molecule has 0 unspecified atom stereocenters. The number of aromatic nitrogens is 2. The number of hydrogen-bond acceptors (Lipinski definition) is 3. The first-order chi connectivity index (χ1) is 13.3. The second kappa shape index (κ2) is 8.42. The molecular formula is C22H21F3N2O. The van der Waals surface area contributed by atoms with Crippen molar-refractivity contribution in [2.24, 2.45) is 5.92 Å². The lowest BCUT2D eigenvalue weighted by Gasteiger charge is -2.14. The Morgan fingerprint density at radius 3 is 2.21 bits per heavy atom. The van der Waals surface area contributed by atoms with Crippen LogP contribution in [0.4, 0.5) is 13.2 Å². The summed E-state index contributed by atoms with van der Waals surface area (Å²) >= 11 is 0. The topological polar surface area (TPSA) is 35.0 Å². The summed E-state index contributed by atoms with van der Waals surface area (Å²) in [5.41, 5.74) is 1.58. The highest BCUT2D eigenvalue weighted by atomic mass is 19.4. The summed E-state index contributed by atoms with van der Waals surface area (Å²) < 4.78 is 45.4. The number of hydrogen-bond donors (Lipinski definition) is 0. The van der Waals surface area contributed by atoms with Gasteiger partial charge in [-0.25, -0.2) is 4.98 Å². The minimum Gasteiger partial charge on any atom is -0.472 e. The third-order valence-corrected chi connectivity index (χ3v) is 4.13. The van der Waals surface area contributed by atoms with Crippen LogP contribution in [-0.4, -0.2) is 9.97 Å². The van der Waals surface area contributed by atoms with E-state index in [4.69, 9.17) is 4.74 Å². The maximum Gasteiger partial charge on any atom is 0.423 e. The van der Waals surface area contributed by atoms with Crippen molar-refractivity contribution < 1.29 is 17.9 Å². The molecule has 0 saturated heterocycles. The highest BCUT2D eigenvalue weighted by molar-refractivity contribution is 5.56. The van der Waals surface area contributed by atoms with Crippen LogP contribution < -0.4 is 4.74 Å². The van der Waals surface area contributed by atoms with Crippen molar-refractivity contribution in [1.29, 1.82) is 0 Å². The number of nitrogens with zero attached hydrogens (tertiary/aromatic N) is 2. The van der Waals surface area contributed by atoms with Gasteiger partial charge in [0, 0.05) is 11.8 Å². The van der Waals surface area contributed by atoms with E-state index in [0.29, 0.717) is 11.5 Å². The fourth-order valence-corrected chi connectivity index (χ4v) is 2.80. The normalized spacial score (nSPS) is 11.6. The van der Waals surface area contributed by atoms with Gasteiger partial charge in [0.1, 0.15) is 12.2 Å². The Labute approximate surface area is 162 Å². The van der Waals surface area contributed by atoms with Crippen LogP contribution >= 0.6 is 0 Å². The van der Waals surface area contributed by atoms with E-state index >= 15 is 0 Å². The monoisotopic (exact) mass is 386 g/mol. The zero-order valence-corrected chi connectivity index (χ0v) is 15.7. The average molecular weight is 386 g/mol. The Morgan fingerprint density at radius 1 is 0.929 bits per heavy atom. The molecule has 3 nitrogen and oxygen atoms in total. The van der Waals surface area contributed by atoms with Gasteiger partial charge in [0.2, 0.25) is 5.88 Å². The van der Waals surface area contributed by atoms with Gasteiger partial charge in [-0.2, -0.15) is 18.2 Å². The van der Waals surface area contributed by atoms with Gasteiger partial charge in [0.05, 0.1) is 0 Å². The van der Waals surface area contributed by atoms with Crippen LogP contribution in [0.5, 0.6) is 5.88 Å². The lowest BCUT2D eigenvalue weighted by Crippen LogP contribution is -2.11. The van der Waals surface area contributed by atoms with Gasteiger partial charge in [0.25, 0.3) is 0 Å². The molecule has 3 aromatic rings. The summed E-state index contributed by atoms with van der Waals surface area (Å²) in [5.74, 6) is 0.255. The molecule has 0 bridgehead atoms. The van der Waals surface area contributed by atoms with Gasteiger partial charge in [-0.15, -0.1) is 0 Å². The van der Waals surface area contributed by atoms with Crippen molar-refractivity contribution in [2.45, 2.75) is 33.1 Å². The second-order valence-electron chi connectivity index (χ2n) is 6.98. The largest absolute Gasteiger partial charge is 0.472 e. The second-order valence-corrected chi connectivity index (χ2v) is 6.98. The van der Waals surface area contributed by atoms with Crippen molar-refractivity contribution in [3.8, 4) is 17.3 Å². The van der Waals surface area contributed by atoms with E-state index in [2.05, 4.69) is 23.8 Å². The standard InChI is InChI=1S/C22H21F3N2O/c1-15(2)12-16-8-10-18(11-9-16)20-26-13-19(22(23,24)25)21(27-20)28-14-17-6-4-3-5-7-17/h3-11,13,15H,12,14H2,1-2H3. The Morgan fingerprint density at radius 2 is 1.61 bits per heavy atom. The molecule has 2 aromatic carbocycles. The van der Waals surface area contributed by atoms with E-state index in [-0.39, 0.29) is 12.4 Å². The average Bonchev–Trinajstić information content (AvgIpc) is 2.66. The van der Waals surface area contributed by atoms with Gasteiger partial charge >= 0.3 is 6.18 Å². The molecule has 146 valence electrons. The lowest BCUT2D eigenvalue weighted by atomic mass is 10.0. The number of benzene rings is 2. The van der Waals surface area contributed by atoms with Crippen LogP contribution in [0.15, 0.2) is 60.8 Å². The Bertz CT molecular complexity index is 907. The molecule has 0 aliphatic carbocycles.